The molecule has 12 atom stereocenters. The maximum absolute atomic E-state index is 11.5. The summed E-state index contributed by atoms with van der Waals surface area (Å²) in [6.45, 7) is 6.50. The van der Waals surface area contributed by atoms with Crippen molar-refractivity contribution in [3.05, 3.63) is 0 Å². The third-order valence-corrected chi connectivity index (χ3v) is 10.4. The van der Waals surface area contributed by atoms with Crippen molar-refractivity contribution in [3.8, 4) is 0 Å². The summed E-state index contributed by atoms with van der Waals surface area (Å²) >= 11 is 0. The van der Waals surface area contributed by atoms with Gasteiger partial charge < -0.3 is 25.5 Å². The van der Waals surface area contributed by atoms with Crippen LogP contribution in [0, 0.1) is 46.3 Å². The Balaban J connectivity index is 1.62. The third kappa shape index (κ3) is 3.16. The Hall–Kier alpha value is -0.690. The molecule has 12 unspecified atom stereocenters. The summed E-state index contributed by atoms with van der Waals surface area (Å²) in [7, 11) is 0. The molecule has 6 heteroatoms. The van der Waals surface area contributed by atoms with Gasteiger partial charge in [0.2, 0.25) is 0 Å². The molecule has 0 spiro atoms. The summed E-state index contributed by atoms with van der Waals surface area (Å²) in [5.74, 6) is 0.00666. The van der Waals surface area contributed by atoms with Crippen LogP contribution in [0.15, 0.2) is 0 Å². The van der Waals surface area contributed by atoms with E-state index in [2.05, 4.69) is 20.8 Å². The topological polar surface area (TPSA) is 118 Å². The molecule has 5 N–H and O–H groups in total. The lowest BCUT2D eigenvalue weighted by molar-refractivity contribution is -0.228. The fourth-order valence-electron chi connectivity index (χ4n) is 8.74. The number of carbonyl (C=O) groups is 1. The molecule has 172 valence electrons. The Kier molecular flexibility index (Phi) is 5.79. The lowest BCUT2D eigenvalue weighted by Crippen LogP contribution is -2.64. The number of aliphatic hydroxyl groups excluding tert-OH is 4. The number of rotatable bonds is 4. The van der Waals surface area contributed by atoms with E-state index >= 15 is 0 Å². The van der Waals surface area contributed by atoms with Crippen LogP contribution in [0.5, 0.6) is 0 Å². The van der Waals surface area contributed by atoms with E-state index in [4.69, 9.17) is 5.11 Å². The lowest BCUT2D eigenvalue weighted by atomic mass is 9.42. The normalized spacial score (nSPS) is 54.0. The number of aliphatic carboxylic acids is 1. The molecule has 0 heterocycles. The number of carboxylic acids is 1. The van der Waals surface area contributed by atoms with E-state index in [1.54, 1.807) is 0 Å². The molecule has 4 saturated carbocycles. The quantitative estimate of drug-likeness (QED) is 0.473. The number of carboxylic acid groups (broad SMARTS) is 1. The van der Waals surface area contributed by atoms with E-state index in [0.29, 0.717) is 25.7 Å². The molecule has 0 saturated heterocycles. The molecule has 4 aliphatic rings. The van der Waals surface area contributed by atoms with Crippen LogP contribution in [-0.4, -0.2) is 55.9 Å². The maximum atomic E-state index is 11.5. The molecular weight excluding hydrogens is 384 g/mol. The molecule has 6 nitrogen and oxygen atoms in total. The number of aliphatic hydroxyl groups is 4. The fourth-order valence-corrected chi connectivity index (χ4v) is 8.74. The van der Waals surface area contributed by atoms with E-state index in [0.717, 1.165) is 19.3 Å². The Labute approximate surface area is 179 Å². The zero-order valence-electron chi connectivity index (χ0n) is 18.6. The minimum atomic E-state index is -0.808. The van der Waals surface area contributed by atoms with Gasteiger partial charge in [0.15, 0.2) is 0 Å². The zero-order chi connectivity index (χ0) is 22.0. The molecule has 0 bridgehead atoms. The van der Waals surface area contributed by atoms with Crippen molar-refractivity contribution in [1.29, 1.82) is 0 Å². The number of hydrogen-bond acceptors (Lipinski definition) is 5. The van der Waals surface area contributed by atoms with Crippen molar-refractivity contribution in [2.75, 3.05) is 0 Å². The first kappa shape index (κ1) is 22.5. The Morgan fingerprint density at radius 2 is 1.67 bits per heavy atom. The first-order valence-electron chi connectivity index (χ1n) is 12.0. The average molecular weight is 425 g/mol. The van der Waals surface area contributed by atoms with E-state index in [-0.39, 0.29) is 52.8 Å². The van der Waals surface area contributed by atoms with Crippen molar-refractivity contribution in [3.63, 3.8) is 0 Å². The number of hydrogen-bond donors (Lipinski definition) is 5. The molecule has 0 aliphatic heterocycles. The fraction of sp³-hybridized carbons (Fsp3) is 0.958. The van der Waals surface area contributed by atoms with Crippen molar-refractivity contribution in [2.45, 2.75) is 96.6 Å². The van der Waals surface area contributed by atoms with Crippen molar-refractivity contribution in [1.82, 2.24) is 0 Å². The predicted molar refractivity (Wildman–Crippen MR) is 111 cm³/mol. The van der Waals surface area contributed by atoms with Crippen molar-refractivity contribution in [2.24, 2.45) is 46.3 Å². The second-order valence-electron chi connectivity index (χ2n) is 11.5. The summed E-state index contributed by atoms with van der Waals surface area (Å²) in [6.07, 6.45) is 2.67. The molecule has 4 aliphatic carbocycles. The molecule has 4 fully saturated rings. The molecule has 0 aromatic heterocycles. The first-order valence-corrected chi connectivity index (χ1v) is 12.0. The van der Waals surface area contributed by atoms with Crippen molar-refractivity contribution < 1.29 is 30.3 Å². The predicted octanol–water partition coefficient (Wildman–Crippen LogP) is 2.42. The smallest absolute Gasteiger partial charge is 0.303 e. The molecule has 0 aromatic carbocycles. The van der Waals surface area contributed by atoms with Gasteiger partial charge >= 0.3 is 5.97 Å². The molecule has 4 rings (SSSR count). The van der Waals surface area contributed by atoms with Gasteiger partial charge in [-0.1, -0.05) is 20.8 Å². The maximum Gasteiger partial charge on any atom is 0.303 e. The third-order valence-electron chi connectivity index (χ3n) is 10.4. The first-order chi connectivity index (χ1) is 14.0. The van der Waals surface area contributed by atoms with E-state index in [9.17, 15) is 25.2 Å². The summed E-state index contributed by atoms with van der Waals surface area (Å²) in [5, 5.41) is 52.7. The second-order valence-corrected chi connectivity index (χ2v) is 11.5. The van der Waals surface area contributed by atoms with Gasteiger partial charge in [0.25, 0.3) is 0 Å². The molecular formula is C24H40O6. The largest absolute Gasteiger partial charge is 0.481 e. The minimum Gasteiger partial charge on any atom is -0.481 e. The van der Waals surface area contributed by atoms with Crippen LogP contribution in [0.1, 0.15) is 72.1 Å². The van der Waals surface area contributed by atoms with Gasteiger partial charge in [-0.2, -0.15) is 0 Å². The van der Waals surface area contributed by atoms with E-state index < -0.39 is 30.4 Å². The number of fused-ring (bicyclic) bond motifs is 5. The summed E-state index contributed by atoms with van der Waals surface area (Å²) in [6, 6.07) is 0. The van der Waals surface area contributed by atoms with Crippen LogP contribution in [0.4, 0.5) is 0 Å². The van der Waals surface area contributed by atoms with Gasteiger partial charge in [-0.3, -0.25) is 4.79 Å². The van der Waals surface area contributed by atoms with Crippen LogP contribution in [0.25, 0.3) is 0 Å². The lowest BCUT2D eigenvalue weighted by Gasteiger charge is -2.64. The van der Waals surface area contributed by atoms with Crippen LogP contribution < -0.4 is 0 Å². The highest BCUT2D eigenvalue weighted by molar-refractivity contribution is 5.66. The Bertz CT molecular complexity index is 668. The summed E-state index contributed by atoms with van der Waals surface area (Å²) in [5.41, 5.74) is -0.492. The molecule has 0 amide bonds. The van der Waals surface area contributed by atoms with Gasteiger partial charge in [0, 0.05) is 6.42 Å². The van der Waals surface area contributed by atoms with Crippen LogP contribution in [0.2, 0.25) is 0 Å². The van der Waals surface area contributed by atoms with Crippen LogP contribution in [-0.2, 0) is 4.79 Å². The van der Waals surface area contributed by atoms with Crippen LogP contribution in [0.3, 0.4) is 0 Å². The van der Waals surface area contributed by atoms with E-state index in [1.807, 2.05) is 0 Å². The van der Waals surface area contributed by atoms with Gasteiger partial charge in [0.1, 0.15) is 0 Å². The monoisotopic (exact) mass is 424 g/mol. The molecule has 30 heavy (non-hydrogen) atoms. The molecule has 0 aromatic rings. The highest BCUT2D eigenvalue weighted by Crippen LogP contribution is 2.68. The minimum absolute atomic E-state index is 0.0961. The summed E-state index contributed by atoms with van der Waals surface area (Å²) in [4.78, 5) is 11.1. The van der Waals surface area contributed by atoms with Gasteiger partial charge in [-0.15, -0.1) is 0 Å². The summed E-state index contributed by atoms with van der Waals surface area (Å²) < 4.78 is 0. The zero-order valence-corrected chi connectivity index (χ0v) is 18.6. The second kappa shape index (κ2) is 7.72. The Morgan fingerprint density at radius 1 is 0.967 bits per heavy atom. The Morgan fingerprint density at radius 3 is 2.33 bits per heavy atom. The molecule has 0 radical (unpaired) electrons. The van der Waals surface area contributed by atoms with Crippen LogP contribution >= 0.6 is 0 Å². The van der Waals surface area contributed by atoms with E-state index in [1.165, 1.54) is 0 Å². The van der Waals surface area contributed by atoms with Gasteiger partial charge in [0.05, 0.1) is 24.4 Å². The van der Waals surface area contributed by atoms with Gasteiger partial charge in [-0.05, 0) is 91.3 Å². The van der Waals surface area contributed by atoms with Crippen molar-refractivity contribution >= 4 is 5.97 Å². The highest BCUT2D eigenvalue weighted by atomic mass is 16.4. The highest BCUT2D eigenvalue weighted by Gasteiger charge is 2.66. The average Bonchev–Trinajstić information content (AvgIpc) is 3.04. The standard InChI is InChI=1S/C24H40O6/c1-12(4-7-20(28)29)13-5-6-14-21-15(11-19(27)24(13,14)3)23(2)9-8-17(25)22(30)16(23)10-18(21)26/h12-19,21-22,25-27,30H,4-11H2,1-3H3,(H,28,29). The van der Waals surface area contributed by atoms with Gasteiger partial charge in [-0.25, -0.2) is 0 Å². The SMILES string of the molecule is CC(CCC(=O)O)C1CCC2C3C(O)CC4C(O)C(O)CCC4(C)C3CC(O)C12C.